The zero-order valence-electron chi connectivity index (χ0n) is 9.72. The van der Waals surface area contributed by atoms with Gasteiger partial charge in [0.1, 0.15) is 11.0 Å². The molecule has 1 heterocycles. The predicted molar refractivity (Wildman–Crippen MR) is 64.4 cm³/mol. The molecule has 1 aromatic heterocycles. The third kappa shape index (κ3) is 3.04. The molecule has 0 N–H and O–H groups in total. The number of alkyl halides is 3. The maximum absolute atomic E-state index is 13.1. The Morgan fingerprint density at radius 2 is 1.79 bits per heavy atom. The Bertz CT molecular complexity index is 623. The molecule has 0 unspecified atom stereocenters. The molecular formula is C13H8ClF4N. The highest BCUT2D eigenvalue weighted by Crippen LogP contribution is 2.33. The normalized spacial score (nSPS) is 11.7. The average molecular weight is 290 g/mol. The van der Waals surface area contributed by atoms with E-state index in [1.54, 1.807) is 0 Å². The van der Waals surface area contributed by atoms with Crippen molar-refractivity contribution < 1.29 is 17.6 Å². The van der Waals surface area contributed by atoms with E-state index in [2.05, 4.69) is 4.98 Å². The van der Waals surface area contributed by atoms with E-state index in [1.165, 1.54) is 25.1 Å². The van der Waals surface area contributed by atoms with Gasteiger partial charge in [-0.1, -0.05) is 11.6 Å². The van der Waals surface area contributed by atoms with E-state index in [-0.39, 0.29) is 10.8 Å². The molecule has 2 aromatic rings. The molecule has 6 heteroatoms. The molecule has 0 radical (unpaired) electrons. The molecule has 100 valence electrons. The van der Waals surface area contributed by atoms with Gasteiger partial charge in [-0.2, -0.15) is 13.2 Å². The Kier molecular flexibility index (Phi) is 3.49. The van der Waals surface area contributed by atoms with Crippen LogP contribution in [0, 0.1) is 12.7 Å². The summed E-state index contributed by atoms with van der Waals surface area (Å²) in [6, 6.07) is 5.61. The van der Waals surface area contributed by atoms with Crippen LogP contribution in [0.1, 0.15) is 11.1 Å². The number of hydrogen-bond acceptors (Lipinski definition) is 1. The van der Waals surface area contributed by atoms with Crippen molar-refractivity contribution in [3.8, 4) is 11.3 Å². The van der Waals surface area contributed by atoms with Crippen molar-refractivity contribution >= 4 is 11.6 Å². The summed E-state index contributed by atoms with van der Waals surface area (Å²) >= 11 is 5.59. The minimum atomic E-state index is -4.50. The van der Waals surface area contributed by atoms with Gasteiger partial charge >= 0.3 is 6.18 Å². The van der Waals surface area contributed by atoms with Gasteiger partial charge in [-0.25, -0.2) is 9.37 Å². The van der Waals surface area contributed by atoms with Gasteiger partial charge in [0.2, 0.25) is 0 Å². The lowest BCUT2D eigenvalue weighted by molar-refractivity contribution is -0.137. The Morgan fingerprint density at radius 1 is 1.11 bits per heavy atom. The lowest BCUT2D eigenvalue weighted by Crippen LogP contribution is -2.05. The van der Waals surface area contributed by atoms with Crippen molar-refractivity contribution in [2.75, 3.05) is 0 Å². The monoisotopic (exact) mass is 289 g/mol. The summed E-state index contributed by atoms with van der Waals surface area (Å²) in [5.41, 5.74) is -0.118. The first-order valence-electron chi connectivity index (χ1n) is 5.28. The van der Waals surface area contributed by atoms with Gasteiger partial charge in [-0.15, -0.1) is 0 Å². The summed E-state index contributed by atoms with van der Waals surface area (Å²) in [7, 11) is 0. The molecule has 19 heavy (non-hydrogen) atoms. The molecule has 0 bridgehead atoms. The number of halogens is 5. The summed E-state index contributed by atoms with van der Waals surface area (Å²) in [5, 5.41) is -0.258. The molecular weight excluding hydrogens is 282 g/mol. The maximum Gasteiger partial charge on any atom is 0.416 e. The molecule has 1 nitrogen and oxygen atoms in total. The number of benzene rings is 1. The zero-order valence-corrected chi connectivity index (χ0v) is 10.5. The molecule has 2 rings (SSSR count). The van der Waals surface area contributed by atoms with E-state index >= 15 is 0 Å². The summed E-state index contributed by atoms with van der Waals surface area (Å²) in [6.45, 7) is 1.52. The maximum atomic E-state index is 13.1. The van der Waals surface area contributed by atoms with Crippen LogP contribution in [0.15, 0.2) is 30.3 Å². The molecule has 0 saturated carbocycles. The van der Waals surface area contributed by atoms with Gasteiger partial charge in [-0.05, 0) is 42.8 Å². The van der Waals surface area contributed by atoms with Crippen LogP contribution in [0.2, 0.25) is 5.15 Å². The van der Waals surface area contributed by atoms with Crippen LogP contribution in [-0.4, -0.2) is 4.98 Å². The molecule has 0 aliphatic rings. The summed E-state index contributed by atoms with van der Waals surface area (Å²) in [6.07, 6.45) is -4.50. The summed E-state index contributed by atoms with van der Waals surface area (Å²) in [4.78, 5) is 3.83. The summed E-state index contributed by atoms with van der Waals surface area (Å²) in [5.74, 6) is -0.429. The predicted octanol–water partition coefficient (Wildman–Crippen LogP) is 4.87. The first kappa shape index (κ1) is 13.8. The molecule has 0 atom stereocenters. The minimum Gasteiger partial charge on any atom is -0.236 e. The van der Waals surface area contributed by atoms with Gasteiger partial charge in [0.15, 0.2) is 0 Å². The Labute approximate surface area is 111 Å². The number of aromatic nitrogens is 1. The van der Waals surface area contributed by atoms with Crippen molar-refractivity contribution in [3.05, 3.63) is 52.4 Å². The number of aryl methyl sites for hydroxylation is 1. The van der Waals surface area contributed by atoms with Gasteiger partial charge in [0.25, 0.3) is 0 Å². The van der Waals surface area contributed by atoms with E-state index < -0.39 is 17.6 Å². The lowest BCUT2D eigenvalue weighted by Gasteiger charge is -2.10. The highest BCUT2D eigenvalue weighted by atomic mass is 35.5. The second kappa shape index (κ2) is 4.81. The highest BCUT2D eigenvalue weighted by molar-refractivity contribution is 6.29. The van der Waals surface area contributed by atoms with Gasteiger partial charge in [0.05, 0.1) is 11.3 Å². The third-order valence-electron chi connectivity index (χ3n) is 2.58. The minimum absolute atomic E-state index is 0.0583. The van der Waals surface area contributed by atoms with Crippen molar-refractivity contribution in [3.63, 3.8) is 0 Å². The SMILES string of the molecule is Cc1cc(-c2cc(C(F)(F)F)cc(Cl)n2)ccc1F. The largest absolute Gasteiger partial charge is 0.416 e. The first-order chi connectivity index (χ1) is 8.77. The first-order valence-corrected chi connectivity index (χ1v) is 5.66. The standard InChI is InChI=1S/C13H8ClF4N/c1-7-4-8(2-3-10(7)15)11-5-9(13(16,17)18)6-12(14)19-11/h2-6H,1H3. The zero-order chi connectivity index (χ0) is 14.2. The summed E-state index contributed by atoms with van der Waals surface area (Å²) < 4.78 is 51.1. The van der Waals surface area contributed by atoms with Crippen LogP contribution in [0.3, 0.4) is 0 Å². The molecule has 0 saturated heterocycles. The molecule has 1 aromatic carbocycles. The van der Waals surface area contributed by atoms with Gasteiger partial charge in [0, 0.05) is 5.56 Å². The average Bonchev–Trinajstić information content (AvgIpc) is 2.31. The second-order valence-electron chi connectivity index (χ2n) is 4.03. The smallest absolute Gasteiger partial charge is 0.236 e. The van der Waals surface area contributed by atoms with Crippen molar-refractivity contribution in [1.29, 1.82) is 0 Å². The van der Waals surface area contributed by atoms with Crippen molar-refractivity contribution in [1.82, 2.24) is 4.98 Å². The number of pyridine rings is 1. The number of nitrogens with zero attached hydrogens (tertiary/aromatic N) is 1. The fraction of sp³-hybridized carbons (Fsp3) is 0.154. The second-order valence-corrected chi connectivity index (χ2v) is 4.41. The van der Waals surface area contributed by atoms with Crippen LogP contribution in [0.5, 0.6) is 0 Å². The topological polar surface area (TPSA) is 12.9 Å². The fourth-order valence-electron chi connectivity index (χ4n) is 1.61. The molecule has 0 aliphatic carbocycles. The number of rotatable bonds is 1. The highest BCUT2D eigenvalue weighted by Gasteiger charge is 2.31. The van der Waals surface area contributed by atoms with Gasteiger partial charge in [-0.3, -0.25) is 0 Å². The van der Waals surface area contributed by atoms with E-state index in [9.17, 15) is 17.6 Å². The van der Waals surface area contributed by atoms with E-state index in [0.717, 1.165) is 12.1 Å². The van der Waals surface area contributed by atoms with Crippen LogP contribution >= 0.6 is 11.6 Å². The molecule has 0 amide bonds. The lowest BCUT2D eigenvalue weighted by atomic mass is 10.1. The fourth-order valence-corrected chi connectivity index (χ4v) is 1.82. The van der Waals surface area contributed by atoms with Crippen LogP contribution in [0.25, 0.3) is 11.3 Å². The van der Waals surface area contributed by atoms with E-state index in [0.29, 0.717) is 11.1 Å². The molecule has 0 aliphatic heterocycles. The van der Waals surface area contributed by atoms with Crippen molar-refractivity contribution in [2.45, 2.75) is 13.1 Å². The van der Waals surface area contributed by atoms with Gasteiger partial charge < -0.3 is 0 Å². The van der Waals surface area contributed by atoms with E-state index in [4.69, 9.17) is 11.6 Å². The van der Waals surface area contributed by atoms with Crippen molar-refractivity contribution in [2.24, 2.45) is 0 Å². The number of hydrogen-bond donors (Lipinski definition) is 0. The Morgan fingerprint density at radius 3 is 2.37 bits per heavy atom. The third-order valence-corrected chi connectivity index (χ3v) is 2.77. The van der Waals surface area contributed by atoms with Crippen LogP contribution in [-0.2, 0) is 6.18 Å². The van der Waals surface area contributed by atoms with Crippen LogP contribution in [0.4, 0.5) is 17.6 Å². The quantitative estimate of drug-likeness (QED) is 0.539. The van der Waals surface area contributed by atoms with Crippen LogP contribution < -0.4 is 0 Å². The Hall–Kier alpha value is -1.62. The van der Waals surface area contributed by atoms with E-state index in [1.807, 2.05) is 0 Å². The Balaban J connectivity index is 2.56. The molecule has 0 fully saturated rings. The molecule has 0 spiro atoms.